The summed E-state index contributed by atoms with van der Waals surface area (Å²) < 4.78 is 5.40. The number of hydrogen-bond acceptors (Lipinski definition) is 5. The minimum absolute atomic E-state index is 0.0608. The quantitative estimate of drug-likeness (QED) is 0.738. The number of aliphatic hydroxyl groups excluding tert-OH is 1. The predicted octanol–water partition coefficient (Wildman–Crippen LogP) is -0.262. The second-order valence-corrected chi connectivity index (χ2v) is 3.83. The van der Waals surface area contributed by atoms with Gasteiger partial charge < -0.3 is 20.5 Å². The third kappa shape index (κ3) is 2.49. The summed E-state index contributed by atoms with van der Waals surface area (Å²) in [6.45, 7) is 2.70. The zero-order valence-corrected chi connectivity index (χ0v) is 9.17. The van der Waals surface area contributed by atoms with Crippen molar-refractivity contribution in [1.29, 1.82) is 0 Å². The molecule has 0 aromatic carbocycles. The molecule has 16 heavy (non-hydrogen) atoms. The molecule has 2 rings (SSSR count). The van der Waals surface area contributed by atoms with Crippen molar-refractivity contribution < 1.29 is 9.84 Å². The molecule has 1 saturated heterocycles. The van der Waals surface area contributed by atoms with Crippen molar-refractivity contribution in [3.63, 3.8) is 0 Å². The predicted molar refractivity (Wildman–Crippen MR) is 61.2 cm³/mol. The molecule has 2 heterocycles. The van der Waals surface area contributed by atoms with Crippen molar-refractivity contribution in [2.45, 2.75) is 12.6 Å². The number of morpholine rings is 1. The van der Waals surface area contributed by atoms with Gasteiger partial charge in [-0.25, -0.2) is 0 Å². The van der Waals surface area contributed by atoms with Crippen LogP contribution in [0, 0.1) is 0 Å². The van der Waals surface area contributed by atoms with Crippen LogP contribution in [-0.2, 0) is 11.3 Å². The van der Waals surface area contributed by atoms with Crippen molar-refractivity contribution in [2.75, 3.05) is 31.2 Å². The normalized spacial score (nSPS) is 21.1. The molecule has 5 heteroatoms. The van der Waals surface area contributed by atoms with E-state index in [9.17, 15) is 0 Å². The summed E-state index contributed by atoms with van der Waals surface area (Å²) in [5.74, 6) is 0. The first-order valence-electron chi connectivity index (χ1n) is 5.46. The highest BCUT2D eigenvalue weighted by molar-refractivity contribution is 5.47. The molecule has 0 radical (unpaired) electrons. The van der Waals surface area contributed by atoms with Gasteiger partial charge in [0.25, 0.3) is 0 Å². The van der Waals surface area contributed by atoms with Crippen molar-refractivity contribution in [1.82, 2.24) is 4.98 Å². The Bertz CT molecular complexity index is 346. The van der Waals surface area contributed by atoms with Crippen LogP contribution < -0.4 is 10.6 Å². The Morgan fingerprint density at radius 3 is 3.25 bits per heavy atom. The lowest BCUT2D eigenvalue weighted by atomic mass is 10.2. The molecular formula is C11H17N3O2. The smallest absolute Gasteiger partial charge is 0.0980 e. The fourth-order valence-corrected chi connectivity index (χ4v) is 1.84. The molecule has 0 aliphatic carbocycles. The minimum Gasteiger partial charge on any atom is -0.394 e. The van der Waals surface area contributed by atoms with Crippen LogP contribution >= 0.6 is 0 Å². The van der Waals surface area contributed by atoms with Gasteiger partial charge in [0.05, 0.1) is 25.0 Å². The van der Waals surface area contributed by atoms with E-state index >= 15 is 0 Å². The first-order valence-corrected chi connectivity index (χ1v) is 5.46. The number of aromatic nitrogens is 1. The van der Waals surface area contributed by atoms with Gasteiger partial charge in [0, 0.05) is 31.5 Å². The number of ether oxygens (including phenoxy) is 1. The second-order valence-electron chi connectivity index (χ2n) is 3.83. The fourth-order valence-electron chi connectivity index (χ4n) is 1.84. The maximum atomic E-state index is 9.07. The Morgan fingerprint density at radius 1 is 1.62 bits per heavy atom. The van der Waals surface area contributed by atoms with Crippen LogP contribution in [0.3, 0.4) is 0 Å². The molecule has 88 valence electrons. The van der Waals surface area contributed by atoms with Crippen LogP contribution in [0.1, 0.15) is 5.69 Å². The molecule has 5 nitrogen and oxygen atoms in total. The maximum absolute atomic E-state index is 9.07. The van der Waals surface area contributed by atoms with Gasteiger partial charge in [-0.2, -0.15) is 0 Å². The highest BCUT2D eigenvalue weighted by atomic mass is 16.5. The standard InChI is InChI=1S/C11H17N3O2/c12-6-9-5-10(1-2-13-9)14-3-4-16-11(7-14)8-15/h1-2,5,11,15H,3-4,6-8,12H2. The average Bonchev–Trinajstić information content (AvgIpc) is 2.39. The fraction of sp³-hybridized carbons (Fsp3) is 0.545. The summed E-state index contributed by atoms with van der Waals surface area (Å²) in [6, 6.07) is 3.94. The van der Waals surface area contributed by atoms with Crippen LogP contribution in [0.4, 0.5) is 5.69 Å². The van der Waals surface area contributed by atoms with E-state index in [2.05, 4.69) is 9.88 Å². The summed E-state index contributed by atoms with van der Waals surface area (Å²) in [5.41, 5.74) is 7.53. The van der Waals surface area contributed by atoms with Gasteiger partial charge in [0.2, 0.25) is 0 Å². The lowest BCUT2D eigenvalue weighted by molar-refractivity contribution is 0.00356. The number of anilines is 1. The van der Waals surface area contributed by atoms with E-state index in [0.717, 1.165) is 17.9 Å². The lowest BCUT2D eigenvalue weighted by Gasteiger charge is -2.33. The molecule has 1 aromatic heterocycles. The van der Waals surface area contributed by atoms with Gasteiger partial charge >= 0.3 is 0 Å². The second kappa shape index (κ2) is 5.25. The van der Waals surface area contributed by atoms with E-state index < -0.39 is 0 Å². The summed E-state index contributed by atoms with van der Waals surface area (Å²) in [6.07, 6.45) is 1.67. The first-order chi connectivity index (χ1) is 7.83. The van der Waals surface area contributed by atoms with Gasteiger partial charge in [-0.15, -0.1) is 0 Å². The number of hydrogen-bond donors (Lipinski definition) is 2. The van der Waals surface area contributed by atoms with Crippen LogP contribution in [0.2, 0.25) is 0 Å². The Labute approximate surface area is 94.8 Å². The Balaban J connectivity index is 2.10. The first kappa shape index (κ1) is 11.3. The van der Waals surface area contributed by atoms with E-state index in [0.29, 0.717) is 19.7 Å². The monoisotopic (exact) mass is 223 g/mol. The van der Waals surface area contributed by atoms with Crippen molar-refractivity contribution in [3.8, 4) is 0 Å². The van der Waals surface area contributed by atoms with Gasteiger partial charge in [-0.3, -0.25) is 4.98 Å². The van der Waals surface area contributed by atoms with E-state index in [1.807, 2.05) is 12.1 Å². The summed E-state index contributed by atoms with van der Waals surface area (Å²) in [5, 5.41) is 9.07. The van der Waals surface area contributed by atoms with E-state index in [1.165, 1.54) is 0 Å². The molecule has 0 bridgehead atoms. The minimum atomic E-state index is -0.0942. The molecule has 3 N–H and O–H groups in total. The van der Waals surface area contributed by atoms with Gasteiger partial charge in [0.1, 0.15) is 0 Å². The van der Waals surface area contributed by atoms with Crippen molar-refractivity contribution in [2.24, 2.45) is 5.73 Å². The van der Waals surface area contributed by atoms with Crippen LogP contribution in [0.25, 0.3) is 0 Å². The van der Waals surface area contributed by atoms with E-state index in [-0.39, 0.29) is 12.7 Å². The molecule has 1 aliphatic heterocycles. The Morgan fingerprint density at radius 2 is 2.50 bits per heavy atom. The SMILES string of the molecule is NCc1cc(N2CCOC(CO)C2)ccn1. The molecule has 1 fully saturated rings. The molecule has 1 aromatic rings. The van der Waals surface area contributed by atoms with Crippen molar-refractivity contribution >= 4 is 5.69 Å². The lowest BCUT2D eigenvalue weighted by Crippen LogP contribution is -2.44. The number of aliphatic hydroxyl groups is 1. The summed E-state index contributed by atoms with van der Waals surface area (Å²) in [4.78, 5) is 6.35. The topological polar surface area (TPSA) is 71.6 Å². The number of nitrogens with two attached hydrogens (primary N) is 1. The van der Waals surface area contributed by atoms with Gasteiger partial charge in [-0.05, 0) is 12.1 Å². The molecule has 1 unspecified atom stereocenters. The van der Waals surface area contributed by atoms with Gasteiger partial charge in [0.15, 0.2) is 0 Å². The summed E-state index contributed by atoms with van der Waals surface area (Å²) in [7, 11) is 0. The highest BCUT2D eigenvalue weighted by Gasteiger charge is 2.19. The third-order valence-electron chi connectivity index (χ3n) is 2.72. The van der Waals surface area contributed by atoms with Crippen molar-refractivity contribution in [3.05, 3.63) is 24.0 Å². The molecule has 0 spiro atoms. The maximum Gasteiger partial charge on any atom is 0.0980 e. The zero-order valence-electron chi connectivity index (χ0n) is 9.17. The Kier molecular flexibility index (Phi) is 3.71. The number of nitrogens with zero attached hydrogens (tertiary/aromatic N) is 2. The van der Waals surface area contributed by atoms with E-state index in [4.69, 9.17) is 15.6 Å². The zero-order chi connectivity index (χ0) is 11.4. The molecular weight excluding hydrogens is 206 g/mol. The highest BCUT2D eigenvalue weighted by Crippen LogP contribution is 2.17. The van der Waals surface area contributed by atoms with Gasteiger partial charge in [-0.1, -0.05) is 0 Å². The molecule has 1 aliphatic rings. The molecule has 0 saturated carbocycles. The van der Waals surface area contributed by atoms with Crippen LogP contribution in [-0.4, -0.2) is 42.5 Å². The number of rotatable bonds is 3. The molecule has 0 amide bonds. The van der Waals surface area contributed by atoms with Crippen LogP contribution in [0.15, 0.2) is 18.3 Å². The summed E-state index contributed by atoms with van der Waals surface area (Å²) >= 11 is 0. The van der Waals surface area contributed by atoms with E-state index in [1.54, 1.807) is 6.20 Å². The van der Waals surface area contributed by atoms with Crippen LogP contribution in [0.5, 0.6) is 0 Å². The average molecular weight is 223 g/mol. The number of pyridine rings is 1. The largest absolute Gasteiger partial charge is 0.394 e. The third-order valence-corrected chi connectivity index (χ3v) is 2.72. The Hall–Kier alpha value is -1.17. The molecule has 1 atom stereocenters.